The Morgan fingerprint density at radius 1 is 1.36 bits per heavy atom. The zero-order valence-corrected chi connectivity index (χ0v) is 13.5. The third-order valence-corrected chi connectivity index (χ3v) is 5.05. The number of ether oxygens (including phenoxy) is 1. The zero-order valence-electron chi connectivity index (χ0n) is 13.5. The van der Waals surface area contributed by atoms with Crippen molar-refractivity contribution in [1.29, 1.82) is 0 Å². The van der Waals surface area contributed by atoms with Crippen LogP contribution in [-0.2, 0) is 23.1 Å². The first-order valence-electron chi connectivity index (χ1n) is 8.57. The van der Waals surface area contributed by atoms with Crippen molar-refractivity contribution in [2.75, 3.05) is 19.8 Å². The van der Waals surface area contributed by atoms with Crippen LogP contribution in [0.15, 0.2) is 12.4 Å². The van der Waals surface area contributed by atoms with Gasteiger partial charge in [0.05, 0.1) is 19.1 Å². The Kier molecular flexibility index (Phi) is 5.13. The summed E-state index contributed by atoms with van der Waals surface area (Å²) in [6.45, 7) is 2.80. The van der Waals surface area contributed by atoms with E-state index in [2.05, 4.69) is 4.98 Å². The van der Waals surface area contributed by atoms with E-state index in [4.69, 9.17) is 4.74 Å². The van der Waals surface area contributed by atoms with Crippen LogP contribution >= 0.6 is 0 Å². The highest BCUT2D eigenvalue weighted by Crippen LogP contribution is 2.26. The lowest BCUT2D eigenvalue weighted by Gasteiger charge is -2.31. The molecule has 1 saturated heterocycles. The van der Waals surface area contributed by atoms with Crippen LogP contribution in [0.5, 0.6) is 0 Å². The van der Waals surface area contributed by atoms with Gasteiger partial charge < -0.3 is 14.2 Å². The summed E-state index contributed by atoms with van der Waals surface area (Å²) in [6, 6.07) is 0. The summed E-state index contributed by atoms with van der Waals surface area (Å²) in [6.07, 6.45) is 11.1. The number of carbonyl (C=O) groups is 1. The monoisotopic (exact) mass is 305 g/mol. The molecular formula is C17H27N3O2. The number of aromatic nitrogens is 2. The second-order valence-electron chi connectivity index (χ2n) is 6.74. The van der Waals surface area contributed by atoms with Crippen molar-refractivity contribution in [2.45, 2.75) is 45.1 Å². The number of aryl methyl sites for hydroxylation is 1. The normalized spacial score (nSPS) is 22.9. The van der Waals surface area contributed by atoms with E-state index in [-0.39, 0.29) is 11.8 Å². The number of rotatable bonds is 5. The van der Waals surface area contributed by atoms with Gasteiger partial charge in [0, 0.05) is 32.6 Å². The van der Waals surface area contributed by atoms with Crippen LogP contribution < -0.4 is 0 Å². The fourth-order valence-electron chi connectivity index (χ4n) is 3.62. The first-order chi connectivity index (χ1) is 10.7. The molecule has 0 aromatic carbocycles. The molecule has 1 aromatic rings. The molecule has 1 aliphatic carbocycles. The molecule has 1 aromatic heterocycles. The third-order valence-electron chi connectivity index (χ3n) is 5.05. The maximum Gasteiger partial charge on any atom is 0.228 e. The Balaban J connectivity index is 1.68. The Hall–Kier alpha value is -1.36. The van der Waals surface area contributed by atoms with E-state index < -0.39 is 0 Å². The second kappa shape index (κ2) is 7.27. The van der Waals surface area contributed by atoms with Gasteiger partial charge in [-0.15, -0.1) is 0 Å². The molecule has 0 unspecified atom stereocenters. The maximum atomic E-state index is 12.9. The SMILES string of the molecule is Cn1ccnc1CN(CC1CCCCC1)C(=O)[C@@H]1CCOC1. The molecule has 1 atom stereocenters. The standard InChI is InChI=1S/C17H27N3O2/c1-19-9-8-18-16(19)12-20(11-14-5-3-2-4-6-14)17(21)15-7-10-22-13-15/h8-9,14-15H,2-7,10-13H2,1H3/t15-/m1/s1. The first kappa shape index (κ1) is 15.5. The number of hydrogen-bond acceptors (Lipinski definition) is 3. The molecule has 5 nitrogen and oxygen atoms in total. The number of carbonyl (C=O) groups excluding carboxylic acids is 1. The van der Waals surface area contributed by atoms with Crippen molar-refractivity contribution in [3.8, 4) is 0 Å². The van der Waals surface area contributed by atoms with Gasteiger partial charge in [-0.2, -0.15) is 0 Å². The van der Waals surface area contributed by atoms with Gasteiger partial charge in [0.2, 0.25) is 5.91 Å². The number of hydrogen-bond donors (Lipinski definition) is 0. The topological polar surface area (TPSA) is 47.4 Å². The maximum absolute atomic E-state index is 12.9. The van der Waals surface area contributed by atoms with E-state index in [1.165, 1.54) is 32.1 Å². The van der Waals surface area contributed by atoms with Crippen molar-refractivity contribution in [2.24, 2.45) is 18.9 Å². The molecule has 122 valence electrons. The van der Waals surface area contributed by atoms with Crippen molar-refractivity contribution in [1.82, 2.24) is 14.5 Å². The highest BCUT2D eigenvalue weighted by Gasteiger charge is 2.30. The summed E-state index contributed by atoms with van der Waals surface area (Å²) < 4.78 is 7.42. The largest absolute Gasteiger partial charge is 0.381 e. The number of nitrogens with zero attached hydrogens (tertiary/aromatic N) is 3. The lowest BCUT2D eigenvalue weighted by atomic mass is 9.88. The Labute approximate surface area is 132 Å². The molecule has 2 heterocycles. The zero-order chi connectivity index (χ0) is 15.4. The summed E-state index contributed by atoms with van der Waals surface area (Å²) in [5.41, 5.74) is 0. The average Bonchev–Trinajstić information content (AvgIpc) is 3.19. The molecule has 5 heteroatoms. The summed E-state index contributed by atoms with van der Waals surface area (Å²) in [5.74, 6) is 1.92. The first-order valence-corrected chi connectivity index (χ1v) is 8.57. The van der Waals surface area contributed by atoms with Crippen LogP contribution in [0.2, 0.25) is 0 Å². The smallest absolute Gasteiger partial charge is 0.228 e. The lowest BCUT2D eigenvalue weighted by molar-refractivity contribution is -0.137. The average molecular weight is 305 g/mol. The van der Waals surface area contributed by atoms with Gasteiger partial charge in [0.25, 0.3) is 0 Å². The fourth-order valence-corrected chi connectivity index (χ4v) is 3.62. The van der Waals surface area contributed by atoms with Crippen molar-refractivity contribution in [3.05, 3.63) is 18.2 Å². The Bertz CT molecular complexity index is 488. The van der Waals surface area contributed by atoms with Gasteiger partial charge in [-0.25, -0.2) is 4.98 Å². The highest BCUT2D eigenvalue weighted by molar-refractivity contribution is 5.79. The molecule has 3 rings (SSSR count). The summed E-state index contributed by atoms with van der Waals surface area (Å²) in [4.78, 5) is 19.3. The summed E-state index contributed by atoms with van der Waals surface area (Å²) >= 11 is 0. The molecule has 0 radical (unpaired) electrons. The fraction of sp³-hybridized carbons (Fsp3) is 0.765. The molecule has 2 aliphatic rings. The Morgan fingerprint density at radius 3 is 2.82 bits per heavy atom. The van der Waals surface area contributed by atoms with E-state index >= 15 is 0 Å². The van der Waals surface area contributed by atoms with Crippen molar-refractivity contribution < 1.29 is 9.53 Å². The van der Waals surface area contributed by atoms with Gasteiger partial charge in [-0.3, -0.25) is 4.79 Å². The molecule has 1 aliphatic heterocycles. The van der Waals surface area contributed by atoms with Gasteiger partial charge in [-0.1, -0.05) is 19.3 Å². The van der Waals surface area contributed by atoms with Gasteiger partial charge in [0.15, 0.2) is 0 Å². The molecule has 1 amide bonds. The number of imidazole rings is 1. The van der Waals surface area contributed by atoms with Crippen molar-refractivity contribution >= 4 is 5.91 Å². The summed E-state index contributed by atoms with van der Waals surface area (Å²) in [5, 5.41) is 0. The lowest BCUT2D eigenvalue weighted by Crippen LogP contribution is -2.40. The molecule has 22 heavy (non-hydrogen) atoms. The van der Waals surface area contributed by atoms with Crippen LogP contribution in [0.1, 0.15) is 44.3 Å². The van der Waals surface area contributed by atoms with E-state index in [0.717, 1.165) is 25.4 Å². The van der Waals surface area contributed by atoms with E-state index in [9.17, 15) is 4.79 Å². The predicted molar refractivity (Wildman–Crippen MR) is 84.1 cm³/mol. The van der Waals surface area contributed by atoms with Crippen LogP contribution in [0.3, 0.4) is 0 Å². The van der Waals surface area contributed by atoms with E-state index in [1.807, 2.05) is 22.7 Å². The number of amides is 1. The van der Waals surface area contributed by atoms with Crippen LogP contribution in [0.4, 0.5) is 0 Å². The van der Waals surface area contributed by atoms with Gasteiger partial charge in [0.1, 0.15) is 5.82 Å². The van der Waals surface area contributed by atoms with Crippen LogP contribution in [-0.4, -0.2) is 40.1 Å². The van der Waals surface area contributed by atoms with Crippen molar-refractivity contribution in [3.63, 3.8) is 0 Å². The predicted octanol–water partition coefficient (Wildman–Crippen LogP) is 2.37. The van der Waals surface area contributed by atoms with Gasteiger partial charge >= 0.3 is 0 Å². The summed E-state index contributed by atoms with van der Waals surface area (Å²) in [7, 11) is 1.99. The Morgan fingerprint density at radius 2 is 2.18 bits per heavy atom. The minimum atomic E-state index is 0.0452. The molecular weight excluding hydrogens is 278 g/mol. The third kappa shape index (κ3) is 3.69. The van der Waals surface area contributed by atoms with E-state index in [1.54, 1.807) is 6.20 Å². The van der Waals surface area contributed by atoms with E-state index in [0.29, 0.717) is 19.1 Å². The molecule has 0 spiro atoms. The molecule has 0 bridgehead atoms. The molecule has 1 saturated carbocycles. The van der Waals surface area contributed by atoms with Crippen LogP contribution in [0.25, 0.3) is 0 Å². The highest BCUT2D eigenvalue weighted by atomic mass is 16.5. The minimum Gasteiger partial charge on any atom is -0.381 e. The van der Waals surface area contributed by atoms with Crippen LogP contribution in [0, 0.1) is 11.8 Å². The molecule has 2 fully saturated rings. The second-order valence-corrected chi connectivity index (χ2v) is 6.74. The van der Waals surface area contributed by atoms with Gasteiger partial charge in [-0.05, 0) is 25.2 Å². The minimum absolute atomic E-state index is 0.0452. The molecule has 0 N–H and O–H groups in total. The quantitative estimate of drug-likeness (QED) is 0.839.